The van der Waals surface area contributed by atoms with Crippen molar-refractivity contribution in [2.24, 2.45) is 0 Å². The van der Waals surface area contributed by atoms with Crippen LogP contribution in [-0.4, -0.2) is 67.2 Å². The van der Waals surface area contributed by atoms with Crippen molar-refractivity contribution in [1.29, 1.82) is 0 Å². The number of aromatic nitrogens is 2. The Bertz CT molecular complexity index is 1100. The largest absolute Gasteiger partial charge is 0.493 e. The number of carbonyl (C=O) groups excluding carboxylic acids is 1. The minimum absolute atomic E-state index is 0. The average molecular weight is 484 g/mol. The van der Waals surface area contributed by atoms with E-state index < -0.39 is 5.82 Å². The van der Waals surface area contributed by atoms with Gasteiger partial charge in [-0.15, -0.1) is 12.4 Å². The number of nitrogens with one attached hydrogen (secondary N) is 1. The predicted molar refractivity (Wildman–Crippen MR) is 125 cm³/mol. The van der Waals surface area contributed by atoms with Gasteiger partial charge >= 0.3 is 6.03 Å². The summed E-state index contributed by atoms with van der Waals surface area (Å²) in [5.41, 5.74) is 0.817. The predicted octanol–water partition coefficient (Wildman–Crippen LogP) is 4.59. The Morgan fingerprint density at radius 1 is 1.16 bits per heavy atom. The Morgan fingerprint density at radius 2 is 1.91 bits per heavy atom. The smallest absolute Gasteiger partial charge is 0.319 e. The van der Waals surface area contributed by atoms with Gasteiger partial charge < -0.3 is 24.6 Å². The quantitative estimate of drug-likeness (QED) is 0.529. The number of rotatable bonds is 7. The Morgan fingerprint density at radius 3 is 2.56 bits per heavy atom. The third-order valence-corrected chi connectivity index (χ3v) is 4.73. The van der Waals surface area contributed by atoms with Crippen molar-refractivity contribution in [3.05, 3.63) is 47.5 Å². The number of hydrogen-bond acceptors (Lipinski definition) is 6. The molecule has 0 bridgehead atoms. The second-order valence-corrected chi connectivity index (χ2v) is 7.38. The number of anilines is 2. The molecule has 3 aromatic rings. The molecule has 2 amide bonds. The highest BCUT2D eigenvalue weighted by Gasteiger charge is 2.15. The molecule has 8 nitrogen and oxygen atoms in total. The second-order valence-electron chi connectivity index (χ2n) is 6.94. The highest BCUT2D eigenvalue weighted by Crippen LogP contribution is 2.35. The van der Waals surface area contributed by atoms with Gasteiger partial charge in [-0.1, -0.05) is 11.6 Å². The Hall–Kier alpha value is -3.04. The van der Waals surface area contributed by atoms with Crippen molar-refractivity contribution in [1.82, 2.24) is 19.8 Å². The molecule has 3 rings (SSSR count). The summed E-state index contributed by atoms with van der Waals surface area (Å²) in [4.78, 5) is 23.5. The maximum Gasteiger partial charge on any atom is 0.319 e. The number of hydrogen-bond donors (Lipinski definition) is 1. The van der Waals surface area contributed by atoms with Gasteiger partial charge in [0, 0.05) is 37.6 Å². The molecule has 172 valence electrons. The fourth-order valence-corrected chi connectivity index (χ4v) is 3.04. The number of amides is 2. The molecule has 0 aliphatic carbocycles. The van der Waals surface area contributed by atoms with Crippen LogP contribution in [0.1, 0.15) is 0 Å². The molecule has 1 aromatic heterocycles. The summed E-state index contributed by atoms with van der Waals surface area (Å²) in [5.74, 6) is 0.849. The van der Waals surface area contributed by atoms with Crippen LogP contribution < -0.4 is 14.8 Å². The minimum atomic E-state index is -0.498. The summed E-state index contributed by atoms with van der Waals surface area (Å²) < 4.78 is 25.5. The number of likely N-dealkylation sites (N-methyl/N-ethyl adjacent to an activating group) is 1. The maximum atomic E-state index is 14.2. The van der Waals surface area contributed by atoms with Gasteiger partial charge in [-0.05, 0) is 24.3 Å². The third kappa shape index (κ3) is 5.80. The third-order valence-electron chi connectivity index (χ3n) is 4.50. The maximum absolute atomic E-state index is 14.2. The van der Waals surface area contributed by atoms with Gasteiger partial charge in [0.05, 0.1) is 24.9 Å². The van der Waals surface area contributed by atoms with Crippen LogP contribution in [0.15, 0.2) is 36.7 Å². The van der Waals surface area contributed by atoms with E-state index in [-0.39, 0.29) is 30.7 Å². The topological polar surface area (TPSA) is 79.8 Å². The van der Waals surface area contributed by atoms with E-state index in [1.807, 2.05) is 0 Å². The van der Waals surface area contributed by atoms with Crippen LogP contribution >= 0.6 is 24.0 Å². The van der Waals surface area contributed by atoms with E-state index in [1.54, 1.807) is 44.2 Å². The van der Waals surface area contributed by atoms with Gasteiger partial charge in [-0.25, -0.2) is 19.2 Å². The van der Waals surface area contributed by atoms with E-state index in [2.05, 4.69) is 15.3 Å². The molecule has 1 N–H and O–H groups in total. The normalized spacial score (nSPS) is 10.3. The van der Waals surface area contributed by atoms with E-state index in [1.165, 1.54) is 30.5 Å². The molecule has 0 saturated heterocycles. The molecule has 0 aliphatic heterocycles. The molecule has 32 heavy (non-hydrogen) atoms. The van der Waals surface area contributed by atoms with E-state index >= 15 is 0 Å². The SMILES string of the molecule is COc1cc2c(Nc3ccc(Cl)cc3F)ncnc2cc1OCCN(C)C(=O)N(C)C.Cl. The van der Waals surface area contributed by atoms with E-state index in [0.29, 0.717) is 39.8 Å². The lowest BCUT2D eigenvalue weighted by atomic mass is 10.2. The zero-order valence-electron chi connectivity index (χ0n) is 18.1. The number of benzene rings is 2. The first-order valence-electron chi connectivity index (χ1n) is 9.40. The van der Waals surface area contributed by atoms with Crippen molar-refractivity contribution >= 4 is 52.4 Å². The van der Waals surface area contributed by atoms with Crippen LogP contribution in [0.2, 0.25) is 5.02 Å². The molecule has 0 radical (unpaired) electrons. The summed E-state index contributed by atoms with van der Waals surface area (Å²) in [6.45, 7) is 0.661. The number of carbonyl (C=O) groups is 1. The highest BCUT2D eigenvalue weighted by molar-refractivity contribution is 6.30. The van der Waals surface area contributed by atoms with Crippen molar-refractivity contribution < 1.29 is 18.7 Å². The molecule has 0 aliphatic rings. The first-order valence-corrected chi connectivity index (χ1v) is 9.78. The lowest BCUT2D eigenvalue weighted by Crippen LogP contribution is -2.38. The average Bonchev–Trinajstić information content (AvgIpc) is 2.74. The molecule has 0 unspecified atom stereocenters. The molecule has 1 heterocycles. The van der Waals surface area contributed by atoms with Gasteiger partial charge in [0.25, 0.3) is 0 Å². The van der Waals surface area contributed by atoms with Gasteiger partial charge in [0.15, 0.2) is 11.5 Å². The van der Waals surface area contributed by atoms with Gasteiger partial charge in [-0.3, -0.25) is 0 Å². The van der Waals surface area contributed by atoms with E-state index in [4.69, 9.17) is 21.1 Å². The van der Waals surface area contributed by atoms with Crippen LogP contribution in [0.4, 0.5) is 20.7 Å². The molecule has 0 spiro atoms. The standard InChI is InChI=1S/C21H23ClFN5O3.ClH/c1-27(2)21(29)28(3)7-8-31-19-11-17-14(10-18(19)30-4)20(25-12-24-17)26-16-6-5-13(22)9-15(16)23;/h5-6,9-12H,7-8H2,1-4H3,(H,24,25,26);1H. The molecule has 0 saturated carbocycles. The summed E-state index contributed by atoms with van der Waals surface area (Å²) >= 11 is 5.82. The summed E-state index contributed by atoms with van der Waals surface area (Å²) in [6, 6.07) is 7.65. The number of ether oxygens (including phenoxy) is 2. The van der Waals surface area contributed by atoms with Crippen LogP contribution in [0.3, 0.4) is 0 Å². The van der Waals surface area contributed by atoms with Gasteiger partial charge in [-0.2, -0.15) is 0 Å². The van der Waals surface area contributed by atoms with E-state index in [9.17, 15) is 9.18 Å². The molecule has 0 fully saturated rings. The number of urea groups is 1. The lowest BCUT2D eigenvalue weighted by Gasteiger charge is -2.22. The number of halogens is 3. The summed E-state index contributed by atoms with van der Waals surface area (Å²) in [6.07, 6.45) is 1.37. The zero-order valence-corrected chi connectivity index (χ0v) is 19.6. The molecular formula is C21H24Cl2FN5O3. The zero-order chi connectivity index (χ0) is 22.5. The first kappa shape index (κ1) is 25.2. The number of fused-ring (bicyclic) bond motifs is 1. The molecule has 0 atom stereocenters. The van der Waals surface area contributed by atoms with Crippen LogP contribution in [0.5, 0.6) is 11.5 Å². The Labute approximate surface area is 196 Å². The van der Waals surface area contributed by atoms with Crippen molar-refractivity contribution in [2.75, 3.05) is 46.7 Å². The van der Waals surface area contributed by atoms with E-state index in [0.717, 1.165) is 0 Å². The number of nitrogens with zero attached hydrogens (tertiary/aromatic N) is 4. The molecule has 11 heteroatoms. The van der Waals surface area contributed by atoms with Crippen molar-refractivity contribution in [3.8, 4) is 11.5 Å². The lowest BCUT2D eigenvalue weighted by molar-refractivity contribution is 0.170. The second kappa shape index (κ2) is 11.0. The fraction of sp³-hybridized carbons (Fsp3) is 0.286. The number of methoxy groups -OCH3 is 1. The summed E-state index contributed by atoms with van der Waals surface area (Å²) in [7, 11) is 6.59. The molecule has 2 aromatic carbocycles. The monoisotopic (exact) mass is 483 g/mol. The van der Waals surface area contributed by atoms with Crippen molar-refractivity contribution in [2.45, 2.75) is 0 Å². The highest BCUT2D eigenvalue weighted by atomic mass is 35.5. The fourth-order valence-electron chi connectivity index (χ4n) is 2.88. The van der Waals surface area contributed by atoms with Gasteiger partial charge in [0.1, 0.15) is 24.6 Å². The first-order chi connectivity index (χ1) is 14.8. The van der Waals surface area contributed by atoms with Crippen molar-refractivity contribution in [3.63, 3.8) is 0 Å². The molecular weight excluding hydrogens is 460 g/mol. The summed E-state index contributed by atoms with van der Waals surface area (Å²) in [5, 5.41) is 3.89. The van der Waals surface area contributed by atoms with Gasteiger partial charge in [0.2, 0.25) is 0 Å². The van der Waals surface area contributed by atoms with Crippen LogP contribution in [-0.2, 0) is 0 Å². The Balaban J connectivity index is 0.00000363. The van der Waals surface area contributed by atoms with Crippen LogP contribution in [0.25, 0.3) is 10.9 Å². The minimum Gasteiger partial charge on any atom is -0.493 e. The Kier molecular flexibility index (Phi) is 8.68. The van der Waals surface area contributed by atoms with Crippen LogP contribution in [0, 0.1) is 5.82 Å².